The van der Waals surface area contributed by atoms with E-state index in [1.807, 2.05) is 0 Å². The molecule has 0 aliphatic carbocycles. The number of ether oxygens (including phenoxy) is 1. The summed E-state index contributed by atoms with van der Waals surface area (Å²) in [7, 11) is 0. The van der Waals surface area contributed by atoms with Crippen LogP contribution in [0.15, 0.2) is 48.5 Å². The summed E-state index contributed by atoms with van der Waals surface area (Å²) in [6.45, 7) is 1.58. The Bertz CT molecular complexity index is 1550. The van der Waals surface area contributed by atoms with E-state index in [2.05, 4.69) is 9.97 Å². The number of carbonyl (C=O) groups excluding carboxylic acids is 1. The van der Waals surface area contributed by atoms with E-state index in [9.17, 15) is 29.3 Å². The lowest BCUT2D eigenvalue weighted by atomic mass is 9.85. The fourth-order valence-electron chi connectivity index (χ4n) is 4.17. The monoisotopic (exact) mass is 506 g/mol. The van der Waals surface area contributed by atoms with Crippen molar-refractivity contribution < 1.29 is 34.0 Å². The number of nitrogens with zero attached hydrogens (tertiary/aromatic N) is 1. The molecule has 1 heterocycles. The molecule has 0 amide bonds. The summed E-state index contributed by atoms with van der Waals surface area (Å²) in [5.41, 5.74) is 6.93. The molecule has 7 N–H and O–H groups in total. The zero-order chi connectivity index (χ0) is 26.9. The number of nitrogen functional groups attached to an aromatic ring is 1. The van der Waals surface area contributed by atoms with E-state index in [0.29, 0.717) is 16.6 Å². The van der Waals surface area contributed by atoms with Gasteiger partial charge >= 0.3 is 11.9 Å². The highest BCUT2D eigenvalue weighted by atomic mass is 19.1. The Hall–Kier alpha value is -4.93. The molecule has 3 aromatic carbocycles. The number of imidazole rings is 1. The number of aromatic hydroxyl groups is 2. The van der Waals surface area contributed by atoms with Crippen LogP contribution in [0.1, 0.15) is 30.4 Å². The summed E-state index contributed by atoms with van der Waals surface area (Å²) in [5, 5.41) is 38.7. The van der Waals surface area contributed by atoms with E-state index in [4.69, 9.17) is 15.9 Å². The van der Waals surface area contributed by atoms with Gasteiger partial charge in [-0.2, -0.15) is 0 Å². The van der Waals surface area contributed by atoms with Crippen LogP contribution in [-0.2, 0) is 14.3 Å². The van der Waals surface area contributed by atoms with Gasteiger partial charge in [-0.05, 0) is 55.0 Å². The number of nitrogens with two attached hydrogens (primary N) is 1. The molecule has 0 spiro atoms. The molecular formula is C26H23FN4O6. The van der Waals surface area contributed by atoms with Gasteiger partial charge in [-0.15, -0.1) is 0 Å². The van der Waals surface area contributed by atoms with Crippen molar-refractivity contribution in [2.45, 2.75) is 19.3 Å². The van der Waals surface area contributed by atoms with Crippen LogP contribution in [0.25, 0.3) is 33.5 Å². The SMILES string of the molecule is CCOC(=O)C(CC(=O)O)c1ccc(O)c(-c2cc(F)ccc2O)c1-c1nc2ccc(C(=N)N)cc2[nH]1. The number of phenolic OH excluding ortho intramolecular Hbond substituents is 2. The van der Waals surface area contributed by atoms with Gasteiger partial charge in [-0.25, -0.2) is 9.37 Å². The van der Waals surface area contributed by atoms with Crippen LogP contribution >= 0.6 is 0 Å². The maximum atomic E-state index is 14.2. The summed E-state index contributed by atoms with van der Waals surface area (Å²) in [6.07, 6.45) is -0.639. The summed E-state index contributed by atoms with van der Waals surface area (Å²) < 4.78 is 19.4. The van der Waals surface area contributed by atoms with Crippen LogP contribution in [0.4, 0.5) is 4.39 Å². The number of rotatable bonds is 8. The second-order valence-electron chi connectivity index (χ2n) is 8.22. The number of fused-ring (bicyclic) bond motifs is 1. The lowest BCUT2D eigenvalue weighted by molar-refractivity contribution is -0.149. The zero-order valence-electron chi connectivity index (χ0n) is 19.6. The number of carboxylic acid groups (broad SMARTS) is 1. The van der Waals surface area contributed by atoms with Gasteiger partial charge in [0.2, 0.25) is 0 Å². The smallest absolute Gasteiger partial charge is 0.314 e. The normalized spacial score (nSPS) is 11.8. The van der Waals surface area contributed by atoms with Crippen LogP contribution in [0.3, 0.4) is 0 Å². The summed E-state index contributed by atoms with van der Waals surface area (Å²) in [6, 6.07) is 10.5. The molecule has 0 bridgehead atoms. The van der Waals surface area contributed by atoms with E-state index in [-0.39, 0.29) is 52.0 Å². The number of carbonyl (C=O) groups is 2. The molecule has 0 saturated carbocycles. The first-order chi connectivity index (χ1) is 17.6. The number of H-pyrrole nitrogens is 1. The Morgan fingerprint density at radius 2 is 1.84 bits per heavy atom. The Balaban J connectivity index is 2.08. The first-order valence-corrected chi connectivity index (χ1v) is 11.2. The van der Waals surface area contributed by atoms with Gasteiger partial charge in [0, 0.05) is 22.3 Å². The summed E-state index contributed by atoms with van der Waals surface area (Å²) in [4.78, 5) is 32.2. The maximum absolute atomic E-state index is 14.2. The number of halogens is 1. The number of benzene rings is 3. The number of nitrogens with one attached hydrogen (secondary N) is 2. The number of hydrogen-bond donors (Lipinski definition) is 6. The minimum atomic E-state index is -1.32. The number of amidine groups is 1. The van der Waals surface area contributed by atoms with Crippen molar-refractivity contribution >= 4 is 28.8 Å². The molecule has 4 aromatic rings. The molecule has 190 valence electrons. The van der Waals surface area contributed by atoms with E-state index < -0.39 is 30.1 Å². The van der Waals surface area contributed by atoms with Crippen LogP contribution in [0.2, 0.25) is 0 Å². The Labute approximate surface area is 209 Å². The topological polar surface area (TPSA) is 183 Å². The molecule has 11 heteroatoms. The van der Waals surface area contributed by atoms with Crippen LogP contribution in [-0.4, -0.2) is 49.7 Å². The highest BCUT2D eigenvalue weighted by molar-refractivity contribution is 5.99. The molecule has 0 saturated heterocycles. The second-order valence-corrected chi connectivity index (χ2v) is 8.22. The summed E-state index contributed by atoms with van der Waals surface area (Å²) in [5.74, 6) is -4.93. The van der Waals surface area contributed by atoms with E-state index >= 15 is 0 Å². The predicted octanol–water partition coefficient (Wildman–Crippen LogP) is 3.85. The maximum Gasteiger partial charge on any atom is 0.314 e. The molecule has 1 aromatic heterocycles. The highest BCUT2D eigenvalue weighted by Crippen LogP contribution is 2.46. The molecule has 4 rings (SSSR count). The molecular weight excluding hydrogens is 483 g/mol. The molecule has 1 atom stereocenters. The number of aliphatic carboxylic acids is 1. The van der Waals surface area contributed by atoms with Crippen LogP contribution < -0.4 is 5.73 Å². The quantitative estimate of drug-likeness (QED) is 0.118. The zero-order valence-corrected chi connectivity index (χ0v) is 19.6. The van der Waals surface area contributed by atoms with Gasteiger partial charge in [-0.1, -0.05) is 6.07 Å². The average molecular weight is 506 g/mol. The predicted molar refractivity (Wildman–Crippen MR) is 133 cm³/mol. The van der Waals surface area contributed by atoms with Crippen molar-refractivity contribution in [2.75, 3.05) is 6.61 Å². The van der Waals surface area contributed by atoms with Crippen molar-refractivity contribution in [1.82, 2.24) is 9.97 Å². The molecule has 0 fully saturated rings. The molecule has 0 aliphatic rings. The fourth-order valence-corrected chi connectivity index (χ4v) is 4.17. The average Bonchev–Trinajstić information content (AvgIpc) is 3.27. The lowest BCUT2D eigenvalue weighted by Crippen LogP contribution is -2.20. The Morgan fingerprint density at radius 3 is 2.51 bits per heavy atom. The van der Waals surface area contributed by atoms with E-state index in [1.165, 1.54) is 12.1 Å². The van der Waals surface area contributed by atoms with Gasteiger partial charge in [0.05, 0.1) is 30.0 Å². The molecule has 0 radical (unpaired) electrons. The minimum absolute atomic E-state index is 0.00162. The van der Waals surface area contributed by atoms with E-state index in [0.717, 1.165) is 18.2 Å². The first kappa shape index (κ1) is 25.2. The third-order valence-electron chi connectivity index (χ3n) is 5.80. The van der Waals surface area contributed by atoms with Gasteiger partial charge < -0.3 is 30.8 Å². The first-order valence-electron chi connectivity index (χ1n) is 11.2. The van der Waals surface area contributed by atoms with Gasteiger partial charge in [0.15, 0.2) is 0 Å². The van der Waals surface area contributed by atoms with Crippen LogP contribution in [0, 0.1) is 11.2 Å². The van der Waals surface area contributed by atoms with Crippen molar-refractivity contribution in [1.29, 1.82) is 5.41 Å². The van der Waals surface area contributed by atoms with E-state index in [1.54, 1.807) is 25.1 Å². The van der Waals surface area contributed by atoms with Crippen molar-refractivity contribution in [2.24, 2.45) is 5.73 Å². The molecule has 1 unspecified atom stereocenters. The van der Waals surface area contributed by atoms with Crippen molar-refractivity contribution in [3.8, 4) is 34.0 Å². The standard InChI is InChI=1S/C26H23FN4O6/c1-2-37-26(36)15(11-21(34)35)14-5-8-20(33)22(16-10-13(27)4-7-19(16)32)23(14)25-30-17-6-3-12(24(28)29)9-18(17)31-25/h3-10,15,32-33H,2,11H2,1H3,(H3,28,29)(H,30,31)(H,34,35). The number of phenols is 2. The van der Waals surface area contributed by atoms with Gasteiger partial charge in [0.25, 0.3) is 0 Å². The summed E-state index contributed by atoms with van der Waals surface area (Å²) >= 11 is 0. The lowest BCUT2D eigenvalue weighted by Gasteiger charge is -2.21. The third-order valence-corrected chi connectivity index (χ3v) is 5.80. The number of aromatic amines is 1. The number of carboxylic acids is 1. The number of esters is 1. The Morgan fingerprint density at radius 1 is 1.11 bits per heavy atom. The molecule has 37 heavy (non-hydrogen) atoms. The van der Waals surface area contributed by atoms with Crippen molar-refractivity contribution in [3.05, 3.63) is 65.5 Å². The van der Waals surface area contributed by atoms with Crippen molar-refractivity contribution in [3.63, 3.8) is 0 Å². The molecule has 0 aliphatic heterocycles. The molecule has 10 nitrogen and oxygen atoms in total. The van der Waals surface area contributed by atoms with Crippen LogP contribution in [0.5, 0.6) is 11.5 Å². The Kier molecular flexibility index (Phi) is 6.79. The number of hydrogen-bond acceptors (Lipinski definition) is 7. The minimum Gasteiger partial charge on any atom is -0.507 e. The second kappa shape index (κ2) is 9.97. The fraction of sp³-hybridized carbons (Fsp3) is 0.154. The van der Waals surface area contributed by atoms with Gasteiger partial charge in [-0.3, -0.25) is 15.0 Å². The third kappa shape index (κ3) is 4.92. The highest BCUT2D eigenvalue weighted by Gasteiger charge is 2.32. The van der Waals surface area contributed by atoms with Gasteiger partial charge in [0.1, 0.15) is 29.0 Å². The number of aromatic nitrogens is 2. The largest absolute Gasteiger partial charge is 0.507 e.